The van der Waals surface area contributed by atoms with E-state index >= 15 is 0 Å². The fourth-order valence-corrected chi connectivity index (χ4v) is 2.44. The molecular formula is C14H14BrNO4. The molecule has 5 nitrogen and oxygen atoms in total. The first-order valence-corrected chi connectivity index (χ1v) is 6.89. The van der Waals surface area contributed by atoms with Crippen molar-refractivity contribution in [2.24, 2.45) is 0 Å². The SMILES string of the molecule is CCOC(=O)C1=C(O)C(=O)N(C)[C@@H]1c1ccc(Br)cc1. The van der Waals surface area contributed by atoms with Crippen LogP contribution in [0.2, 0.25) is 0 Å². The molecule has 1 aliphatic heterocycles. The zero-order valence-electron chi connectivity index (χ0n) is 11.1. The molecule has 0 spiro atoms. The van der Waals surface area contributed by atoms with Crippen molar-refractivity contribution in [2.45, 2.75) is 13.0 Å². The van der Waals surface area contributed by atoms with E-state index in [1.165, 1.54) is 11.9 Å². The summed E-state index contributed by atoms with van der Waals surface area (Å²) in [5, 5.41) is 9.89. The van der Waals surface area contributed by atoms with Gasteiger partial charge < -0.3 is 14.7 Å². The van der Waals surface area contributed by atoms with Crippen LogP contribution in [0.1, 0.15) is 18.5 Å². The van der Waals surface area contributed by atoms with Crippen molar-refractivity contribution in [1.82, 2.24) is 4.90 Å². The van der Waals surface area contributed by atoms with Gasteiger partial charge in [-0.1, -0.05) is 28.1 Å². The molecule has 0 radical (unpaired) electrons. The van der Waals surface area contributed by atoms with Crippen LogP contribution in [0.3, 0.4) is 0 Å². The van der Waals surface area contributed by atoms with E-state index in [0.29, 0.717) is 0 Å². The number of nitrogens with zero attached hydrogens (tertiary/aromatic N) is 1. The molecule has 0 aromatic heterocycles. The van der Waals surface area contributed by atoms with Gasteiger partial charge in [0.1, 0.15) is 5.57 Å². The lowest BCUT2D eigenvalue weighted by Crippen LogP contribution is -2.27. The summed E-state index contributed by atoms with van der Waals surface area (Å²) >= 11 is 3.33. The summed E-state index contributed by atoms with van der Waals surface area (Å²) in [4.78, 5) is 25.2. The molecular weight excluding hydrogens is 326 g/mol. The van der Waals surface area contributed by atoms with Crippen molar-refractivity contribution in [3.63, 3.8) is 0 Å². The molecule has 0 saturated carbocycles. The quantitative estimate of drug-likeness (QED) is 0.858. The molecule has 1 aromatic rings. The highest BCUT2D eigenvalue weighted by atomic mass is 79.9. The monoisotopic (exact) mass is 339 g/mol. The summed E-state index contributed by atoms with van der Waals surface area (Å²) in [7, 11) is 1.54. The number of aliphatic hydroxyl groups excluding tert-OH is 1. The third-order valence-corrected chi connectivity index (χ3v) is 3.65. The number of hydrogen-bond acceptors (Lipinski definition) is 4. The molecule has 0 bridgehead atoms. The highest BCUT2D eigenvalue weighted by molar-refractivity contribution is 9.10. The van der Waals surface area contributed by atoms with E-state index in [1.54, 1.807) is 19.1 Å². The van der Waals surface area contributed by atoms with Crippen molar-refractivity contribution < 1.29 is 19.4 Å². The molecule has 1 aliphatic rings. The molecule has 0 aliphatic carbocycles. The summed E-state index contributed by atoms with van der Waals surface area (Å²) in [5.41, 5.74) is 0.720. The van der Waals surface area contributed by atoms with E-state index in [2.05, 4.69) is 15.9 Å². The van der Waals surface area contributed by atoms with Crippen LogP contribution in [0.4, 0.5) is 0 Å². The Kier molecular flexibility index (Phi) is 4.13. The largest absolute Gasteiger partial charge is 0.503 e. The number of halogens is 1. The summed E-state index contributed by atoms with van der Waals surface area (Å²) in [6.45, 7) is 1.85. The third-order valence-electron chi connectivity index (χ3n) is 3.12. The molecule has 0 fully saturated rings. The molecule has 20 heavy (non-hydrogen) atoms. The van der Waals surface area contributed by atoms with Crippen LogP contribution in [-0.2, 0) is 14.3 Å². The fraction of sp³-hybridized carbons (Fsp3) is 0.286. The van der Waals surface area contributed by atoms with Gasteiger partial charge in [0.25, 0.3) is 5.91 Å². The number of rotatable bonds is 3. The van der Waals surface area contributed by atoms with Crippen LogP contribution >= 0.6 is 15.9 Å². The van der Waals surface area contributed by atoms with Gasteiger partial charge in [-0.25, -0.2) is 4.79 Å². The first-order valence-electron chi connectivity index (χ1n) is 6.10. The zero-order chi connectivity index (χ0) is 14.9. The van der Waals surface area contributed by atoms with E-state index in [1.807, 2.05) is 12.1 Å². The smallest absolute Gasteiger partial charge is 0.340 e. The number of hydrogen-bond donors (Lipinski definition) is 1. The minimum atomic E-state index is -0.671. The lowest BCUT2D eigenvalue weighted by atomic mass is 10.00. The average molecular weight is 340 g/mol. The number of likely N-dealkylation sites (N-methyl/N-ethyl adjacent to an activating group) is 1. The van der Waals surface area contributed by atoms with Gasteiger partial charge in [-0.15, -0.1) is 0 Å². The molecule has 2 rings (SSSR count). The number of carbonyl (C=O) groups excluding carboxylic acids is 2. The number of benzene rings is 1. The van der Waals surface area contributed by atoms with Crippen molar-refractivity contribution in [1.29, 1.82) is 0 Å². The fourth-order valence-electron chi connectivity index (χ4n) is 2.18. The Hall–Kier alpha value is -1.82. The van der Waals surface area contributed by atoms with Crippen LogP contribution in [0.5, 0.6) is 0 Å². The van der Waals surface area contributed by atoms with E-state index in [4.69, 9.17) is 4.74 Å². The molecule has 0 saturated heterocycles. The Morgan fingerprint density at radius 1 is 1.40 bits per heavy atom. The van der Waals surface area contributed by atoms with Crippen LogP contribution in [0, 0.1) is 0 Å². The van der Waals surface area contributed by atoms with Gasteiger partial charge in [0, 0.05) is 11.5 Å². The minimum Gasteiger partial charge on any atom is -0.503 e. The second-order valence-corrected chi connectivity index (χ2v) is 5.27. The van der Waals surface area contributed by atoms with Gasteiger partial charge >= 0.3 is 5.97 Å². The maximum absolute atomic E-state index is 12.0. The maximum atomic E-state index is 12.0. The summed E-state index contributed by atoms with van der Waals surface area (Å²) < 4.78 is 5.81. The standard InChI is InChI=1S/C14H14BrNO4/c1-3-20-14(19)10-11(16(2)13(18)12(10)17)8-4-6-9(15)7-5-8/h4-7,11,17H,3H2,1-2H3/t11-/m1/s1. The number of amides is 1. The normalized spacial score (nSPS) is 18.6. The van der Waals surface area contributed by atoms with Gasteiger partial charge in [-0.2, -0.15) is 0 Å². The van der Waals surface area contributed by atoms with Gasteiger partial charge in [0.15, 0.2) is 5.76 Å². The van der Waals surface area contributed by atoms with Crippen LogP contribution in [0.15, 0.2) is 40.1 Å². The lowest BCUT2D eigenvalue weighted by molar-refractivity contribution is -0.139. The number of ether oxygens (including phenoxy) is 1. The average Bonchev–Trinajstić information content (AvgIpc) is 2.64. The van der Waals surface area contributed by atoms with Crippen molar-refractivity contribution >= 4 is 27.8 Å². The highest BCUT2D eigenvalue weighted by Crippen LogP contribution is 2.36. The second kappa shape index (κ2) is 5.66. The molecule has 1 atom stereocenters. The van der Waals surface area contributed by atoms with Crippen molar-refractivity contribution in [3.8, 4) is 0 Å². The maximum Gasteiger partial charge on any atom is 0.340 e. The second-order valence-electron chi connectivity index (χ2n) is 4.35. The Bertz CT molecular complexity index is 579. The molecule has 1 aromatic carbocycles. The lowest BCUT2D eigenvalue weighted by Gasteiger charge is -2.22. The van der Waals surface area contributed by atoms with Crippen LogP contribution in [-0.4, -0.2) is 35.5 Å². The topological polar surface area (TPSA) is 66.8 Å². The van der Waals surface area contributed by atoms with Crippen LogP contribution in [0.25, 0.3) is 0 Å². The predicted molar refractivity (Wildman–Crippen MR) is 75.9 cm³/mol. The van der Waals surface area contributed by atoms with Crippen molar-refractivity contribution in [2.75, 3.05) is 13.7 Å². The first kappa shape index (κ1) is 14.6. The Morgan fingerprint density at radius 3 is 2.55 bits per heavy atom. The van der Waals surface area contributed by atoms with Crippen LogP contribution < -0.4 is 0 Å². The molecule has 6 heteroatoms. The number of aliphatic hydroxyl groups is 1. The summed E-state index contributed by atoms with van der Waals surface area (Å²) in [5.74, 6) is -1.80. The minimum absolute atomic E-state index is 0.0123. The molecule has 0 unspecified atom stereocenters. The van der Waals surface area contributed by atoms with E-state index in [-0.39, 0.29) is 12.2 Å². The molecule has 1 N–H and O–H groups in total. The Labute approximate surface area is 125 Å². The van der Waals surface area contributed by atoms with E-state index in [9.17, 15) is 14.7 Å². The molecule has 1 amide bonds. The Balaban J connectivity index is 2.46. The number of carbonyl (C=O) groups is 2. The number of esters is 1. The first-order chi connectivity index (χ1) is 9.47. The summed E-state index contributed by atoms with van der Waals surface area (Å²) in [6, 6.07) is 6.57. The summed E-state index contributed by atoms with van der Waals surface area (Å²) in [6.07, 6.45) is 0. The van der Waals surface area contributed by atoms with E-state index < -0.39 is 23.7 Å². The molecule has 106 valence electrons. The van der Waals surface area contributed by atoms with Gasteiger partial charge in [0.05, 0.1) is 12.6 Å². The van der Waals surface area contributed by atoms with Gasteiger partial charge in [-0.05, 0) is 24.6 Å². The van der Waals surface area contributed by atoms with Crippen molar-refractivity contribution in [3.05, 3.63) is 45.6 Å². The highest BCUT2D eigenvalue weighted by Gasteiger charge is 2.42. The third kappa shape index (κ3) is 2.43. The zero-order valence-corrected chi connectivity index (χ0v) is 12.7. The molecule has 1 heterocycles. The predicted octanol–water partition coefficient (Wildman–Crippen LogP) is 2.34. The van der Waals surface area contributed by atoms with E-state index in [0.717, 1.165) is 10.0 Å². The van der Waals surface area contributed by atoms with Gasteiger partial charge in [0.2, 0.25) is 0 Å². The Morgan fingerprint density at radius 2 is 2.00 bits per heavy atom. The van der Waals surface area contributed by atoms with Gasteiger partial charge in [-0.3, -0.25) is 4.79 Å².